The van der Waals surface area contributed by atoms with Gasteiger partial charge in [0, 0.05) is 43.9 Å². The average Bonchev–Trinajstić information content (AvgIpc) is 2.74. The molecule has 32 heavy (non-hydrogen) atoms. The summed E-state index contributed by atoms with van der Waals surface area (Å²) in [5, 5.41) is 6.43. The second kappa shape index (κ2) is 12.6. The Morgan fingerprint density at radius 1 is 0.719 bits per heavy atom. The number of amides is 3. The Bertz CT molecular complexity index is 618. The molecule has 0 radical (unpaired) electrons. The van der Waals surface area contributed by atoms with E-state index in [1.165, 1.54) is 0 Å². The van der Waals surface area contributed by atoms with Crippen molar-refractivity contribution in [3.63, 3.8) is 0 Å². The number of hydrogen-bond acceptors (Lipinski definition) is 3. The standard InChI is InChI=1S/C26H47N3O3/c1-17(2)19(5)15-24(30)27-22-7-9-23(10-8-22)28-26(32)21-11-13-29(14-12-21)25(31)16-20(6)18(3)4/h17-23H,7-16H2,1-6H3,(H,27,30)(H,28,32)/t19-,20+,22?,23?/m0/s1. The molecule has 0 unspecified atom stereocenters. The highest BCUT2D eigenvalue weighted by Crippen LogP contribution is 2.24. The van der Waals surface area contributed by atoms with Crippen LogP contribution in [0.1, 0.15) is 92.9 Å². The maximum atomic E-state index is 12.8. The number of carbonyl (C=O) groups excluding carboxylic acids is 3. The second-order valence-electron chi connectivity index (χ2n) is 11.1. The van der Waals surface area contributed by atoms with Gasteiger partial charge in [-0.05, 0) is 62.2 Å². The van der Waals surface area contributed by atoms with Gasteiger partial charge in [0.15, 0.2) is 0 Å². The van der Waals surface area contributed by atoms with Crippen molar-refractivity contribution in [1.82, 2.24) is 15.5 Å². The highest BCUT2D eigenvalue weighted by Gasteiger charge is 2.30. The van der Waals surface area contributed by atoms with Gasteiger partial charge in [0.2, 0.25) is 17.7 Å². The fourth-order valence-corrected chi connectivity index (χ4v) is 4.55. The van der Waals surface area contributed by atoms with E-state index in [9.17, 15) is 14.4 Å². The molecule has 1 saturated carbocycles. The number of nitrogens with one attached hydrogen (secondary N) is 2. The van der Waals surface area contributed by atoms with Crippen LogP contribution in [0.4, 0.5) is 0 Å². The Balaban J connectivity index is 1.66. The molecule has 3 amide bonds. The van der Waals surface area contributed by atoms with Crippen molar-refractivity contribution in [3.8, 4) is 0 Å². The number of rotatable bonds is 9. The molecule has 0 aromatic rings. The number of piperidine rings is 1. The summed E-state index contributed by atoms with van der Waals surface area (Å²) in [6.45, 7) is 14.3. The summed E-state index contributed by atoms with van der Waals surface area (Å²) in [4.78, 5) is 39.5. The molecule has 2 fully saturated rings. The van der Waals surface area contributed by atoms with Gasteiger partial charge in [0.25, 0.3) is 0 Å². The predicted octanol–water partition coefficient (Wildman–Crippen LogP) is 4.13. The first kappa shape index (κ1) is 26.7. The van der Waals surface area contributed by atoms with Gasteiger partial charge in [-0.3, -0.25) is 14.4 Å². The van der Waals surface area contributed by atoms with E-state index >= 15 is 0 Å². The lowest BCUT2D eigenvalue weighted by atomic mass is 9.89. The SMILES string of the molecule is CC(C)[C@H](C)CC(=O)N1CCC(C(=O)NC2CCC(NC(=O)C[C@H](C)C(C)C)CC2)CC1. The van der Waals surface area contributed by atoms with Gasteiger partial charge in [-0.2, -0.15) is 0 Å². The molecule has 2 atom stereocenters. The van der Waals surface area contributed by atoms with Crippen molar-refractivity contribution in [3.05, 3.63) is 0 Å². The summed E-state index contributed by atoms with van der Waals surface area (Å²) in [5.41, 5.74) is 0. The van der Waals surface area contributed by atoms with Gasteiger partial charge in [-0.1, -0.05) is 41.5 Å². The molecule has 2 rings (SSSR count). The van der Waals surface area contributed by atoms with E-state index in [1.54, 1.807) is 0 Å². The summed E-state index contributed by atoms with van der Waals surface area (Å²) in [5.74, 6) is 2.35. The summed E-state index contributed by atoms with van der Waals surface area (Å²) >= 11 is 0. The molecular weight excluding hydrogens is 402 g/mol. The van der Waals surface area contributed by atoms with Crippen molar-refractivity contribution in [2.45, 2.75) is 105 Å². The minimum absolute atomic E-state index is 0.0107. The van der Waals surface area contributed by atoms with Crippen LogP contribution in [0, 0.1) is 29.6 Å². The number of hydrogen-bond donors (Lipinski definition) is 2. The molecule has 2 aliphatic rings. The molecule has 0 aromatic carbocycles. The molecule has 6 heteroatoms. The molecule has 0 aromatic heterocycles. The molecule has 184 valence electrons. The largest absolute Gasteiger partial charge is 0.353 e. The van der Waals surface area contributed by atoms with Crippen LogP contribution >= 0.6 is 0 Å². The van der Waals surface area contributed by atoms with Gasteiger partial charge < -0.3 is 15.5 Å². The number of carbonyl (C=O) groups is 3. The second-order valence-corrected chi connectivity index (χ2v) is 11.1. The maximum absolute atomic E-state index is 12.8. The summed E-state index contributed by atoms with van der Waals surface area (Å²) in [7, 11) is 0. The van der Waals surface area contributed by atoms with Crippen molar-refractivity contribution in [1.29, 1.82) is 0 Å². The van der Waals surface area contributed by atoms with Gasteiger partial charge in [-0.15, -0.1) is 0 Å². The Labute approximate surface area is 195 Å². The van der Waals surface area contributed by atoms with Crippen molar-refractivity contribution in [2.75, 3.05) is 13.1 Å². The van der Waals surface area contributed by atoms with Crippen LogP contribution in [0.15, 0.2) is 0 Å². The normalized spacial score (nSPS) is 24.3. The Morgan fingerprint density at radius 2 is 1.19 bits per heavy atom. The predicted molar refractivity (Wildman–Crippen MR) is 129 cm³/mol. The first-order chi connectivity index (χ1) is 15.1. The lowest BCUT2D eigenvalue weighted by Crippen LogP contribution is -2.48. The number of nitrogens with zero attached hydrogens (tertiary/aromatic N) is 1. The van der Waals surface area contributed by atoms with Crippen LogP contribution < -0.4 is 10.6 Å². The third kappa shape index (κ3) is 8.40. The zero-order valence-electron chi connectivity index (χ0n) is 21.3. The molecule has 1 aliphatic heterocycles. The Morgan fingerprint density at radius 3 is 1.69 bits per heavy atom. The molecule has 2 N–H and O–H groups in total. The van der Waals surface area contributed by atoms with E-state index in [2.05, 4.69) is 52.2 Å². The molecule has 1 aliphatic carbocycles. The average molecular weight is 450 g/mol. The summed E-state index contributed by atoms with van der Waals surface area (Å²) < 4.78 is 0. The fourth-order valence-electron chi connectivity index (χ4n) is 4.55. The van der Waals surface area contributed by atoms with Crippen molar-refractivity contribution < 1.29 is 14.4 Å². The quantitative estimate of drug-likeness (QED) is 0.555. The first-order valence-corrected chi connectivity index (χ1v) is 12.9. The van der Waals surface area contributed by atoms with E-state index in [0.29, 0.717) is 49.6 Å². The summed E-state index contributed by atoms with van der Waals surface area (Å²) in [6, 6.07) is 0.439. The highest BCUT2D eigenvalue weighted by molar-refractivity contribution is 5.80. The molecule has 6 nitrogen and oxygen atoms in total. The molecule has 1 saturated heterocycles. The molecular formula is C26H47N3O3. The lowest BCUT2D eigenvalue weighted by Gasteiger charge is -2.34. The molecule has 0 bridgehead atoms. The van der Waals surface area contributed by atoms with Gasteiger partial charge in [0.05, 0.1) is 0 Å². The van der Waals surface area contributed by atoms with Crippen LogP contribution in [0.3, 0.4) is 0 Å². The van der Waals surface area contributed by atoms with Crippen LogP contribution in [-0.2, 0) is 14.4 Å². The third-order valence-electron chi connectivity index (χ3n) is 7.94. The van der Waals surface area contributed by atoms with Crippen molar-refractivity contribution >= 4 is 17.7 Å². The Hall–Kier alpha value is -1.59. The molecule has 0 spiro atoms. The van der Waals surface area contributed by atoms with E-state index in [1.807, 2.05) is 4.90 Å². The van der Waals surface area contributed by atoms with E-state index in [4.69, 9.17) is 0 Å². The first-order valence-electron chi connectivity index (χ1n) is 12.9. The lowest BCUT2D eigenvalue weighted by molar-refractivity contribution is -0.136. The maximum Gasteiger partial charge on any atom is 0.223 e. The molecule has 1 heterocycles. The van der Waals surface area contributed by atoms with E-state index < -0.39 is 0 Å². The summed E-state index contributed by atoms with van der Waals surface area (Å²) in [6.07, 6.45) is 6.39. The van der Waals surface area contributed by atoms with E-state index in [-0.39, 0.29) is 35.7 Å². The highest BCUT2D eigenvalue weighted by atomic mass is 16.2. The van der Waals surface area contributed by atoms with Crippen LogP contribution in [0.2, 0.25) is 0 Å². The monoisotopic (exact) mass is 449 g/mol. The minimum Gasteiger partial charge on any atom is -0.353 e. The Kier molecular flexibility index (Phi) is 10.5. The zero-order valence-corrected chi connectivity index (χ0v) is 21.3. The van der Waals surface area contributed by atoms with Gasteiger partial charge >= 0.3 is 0 Å². The zero-order chi connectivity index (χ0) is 23.8. The van der Waals surface area contributed by atoms with Gasteiger partial charge in [0.1, 0.15) is 0 Å². The minimum atomic E-state index is 0.0107. The topological polar surface area (TPSA) is 78.5 Å². The van der Waals surface area contributed by atoms with Crippen LogP contribution in [0.5, 0.6) is 0 Å². The smallest absolute Gasteiger partial charge is 0.223 e. The van der Waals surface area contributed by atoms with E-state index in [0.717, 1.165) is 38.5 Å². The third-order valence-corrected chi connectivity index (χ3v) is 7.94. The van der Waals surface area contributed by atoms with Crippen LogP contribution in [0.25, 0.3) is 0 Å². The van der Waals surface area contributed by atoms with Crippen molar-refractivity contribution in [2.24, 2.45) is 29.6 Å². The van der Waals surface area contributed by atoms with Crippen LogP contribution in [-0.4, -0.2) is 47.8 Å². The number of likely N-dealkylation sites (tertiary alicyclic amines) is 1. The van der Waals surface area contributed by atoms with Gasteiger partial charge in [-0.25, -0.2) is 0 Å². The fraction of sp³-hybridized carbons (Fsp3) is 0.885.